The first kappa shape index (κ1) is 17.6. The molecule has 1 saturated carbocycles. The standard InChI is InChI=1S/C20H26N2O3/c1-20(2,3)18(24)15-16(14-11-7-8-12-21-14)22(19(25)17(15)23)13-9-5-4-6-10-13/h7-8,11-13,16,23H,4-6,9-10H2,1-3H3. The van der Waals surface area contributed by atoms with Crippen molar-refractivity contribution in [3.05, 3.63) is 41.4 Å². The molecule has 0 aromatic carbocycles. The molecule has 1 fully saturated rings. The lowest BCUT2D eigenvalue weighted by atomic mass is 9.82. The number of aliphatic hydroxyl groups excluding tert-OH is 1. The topological polar surface area (TPSA) is 70.5 Å². The van der Waals surface area contributed by atoms with E-state index in [2.05, 4.69) is 4.98 Å². The van der Waals surface area contributed by atoms with Crippen LogP contribution in [0.4, 0.5) is 0 Å². The Morgan fingerprint density at radius 2 is 1.88 bits per heavy atom. The smallest absolute Gasteiger partial charge is 0.290 e. The fraction of sp³-hybridized carbons (Fsp3) is 0.550. The van der Waals surface area contributed by atoms with Crippen molar-refractivity contribution in [3.8, 4) is 0 Å². The Bertz CT molecular complexity index is 697. The third kappa shape index (κ3) is 3.20. The molecule has 1 amide bonds. The van der Waals surface area contributed by atoms with Gasteiger partial charge < -0.3 is 10.0 Å². The molecule has 1 aromatic heterocycles. The van der Waals surface area contributed by atoms with Gasteiger partial charge in [0.2, 0.25) is 0 Å². The highest BCUT2D eigenvalue weighted by Crippen LogP contribution is 2.43. The van der Waals surface area contributed by atoms with E-state index in [-0.39, 0.29) is 17.4 Å². The second-order valence-electron chi connectivity index (χ2n) is 8.00. The van der Waals surface area contributed by atoms with Gasteiger partial charge in [-0.3, -0.25) is 14.6 Å². The van der Waals surface area contributed by atoms with Gasteiger partial charge in [0.05, 0.1) is 11.3 Å². The van der Waals surface area contributed by atoms with Gasteiger partial charge in [0, 0.05) is 17.7 Å². The molecule has 5 nitrogen and oxygen atoms in total. The molecular formula is C20H26N2O3. The zero-order valence-corrected chi connectivity index (χ0v) is 15.2. The van der Waals surface area contributed by atoms with Gasteiger partial charge in [-0.25, -0.2) is 0 Å². The van der Waals surface area contributed by atoms with Crippen LogP contribution in [0.1, 0.15) is 64.6 Å². The number of aromatic nitrogens is 1. The zero-order valence-electron chi connectivity index (χ0n) is 15.2. The van der Waals surface area contributed by atoms with Crippen LogP contribution in [-0.4, -0.2) is 32.7 Å². The first-order valence-electron chi connectivity index (χ1n) is 9.04. The quantitative estimate of drug-likeness (QED) is 0.909. The Morgan fingerprint density at radius 3 is 2.44 bits per heavy atom. The highest BCUT2D eigenvalue weighted by atomic mass is 16.3. The van der Waals surface area contributed by atoms with Crippen LogP contribution in [0, 0.1) is 5.41 Å². The first-order chi connectivity index (χ1) is 11.8. The van der Waals surface area contributed by atoms with Crippen molar-refractivity contribution >= 4 is 11.7 Å². The van der Waals surface area contributed by atoms with Crippen molar-refractivity contribution < 1.29 is 14.7 Å². The molecule has 3 rings (SSSR count). The maximum Gasteiger partial charge on any atom is 0.290 e. The number of hydrogen-bond acceptors (Lipinski definition) is 4. The monoisotopic (exact) mass is 342 g/mol. The summed E-state index contributed by atoms with van der Waals surface area (Å²) in [6.45, 7) is 5.41. The van der Waals surface area contributed by atoms with E-state index in [4.69, 9.17) is 0 Å². The fourth-order valence-corrected chi connectivity index (χ4v) is 3.82. The number of ketones is 1. The van der Waals surface area contributed by atoms with E-state index in [9.17, 15) is 14.7 Å². The predicted molar refractivity (Wildman–Crippen MR) is 94.8 cm³/mol. The van der Waals surface area contributed by atoms with Gasteiger partial charge in [0.25, 0.3) is 5.91 Å². The molecular weight excluding hydrogens is 316 g/mol. The van der Waals surface area contributed by atoms with Crippen LogP contribution >= 0.6 is 0 Å². The minimum atomic E-state index is -0.681. The lowest BCUT2D eigenvalue weighted by molar-refractivity contribution is -0.132. The molecule has 0 saturated heterocycles. The lowest BCUT2D eigenvalue weighted by Crippen LogP contribution is -2.42. The number of hydrogen-bond donors (Lipinski definition) is 1. The number of pyridine rings is 1. The molecule has 0 spiro atoms. The summed E-state index contributed by atoms with van der Waals surface area (Å²) in [5, 5.41) is 10.6. The van der Waals surface area contributed by atoms with E-state index in [0.717, 1.165) is 25.7 Å². The average molecular weight is 342 g/mol. The van der Waals surface area contributed by atoms with Gasteiger partial charge in [0.1, 0.15) is 6.04 Å². The molecule has 25 heavy (non-hydrogen) atoms. The van der Waals surface area contributed by atoms with Crippen LogP contribution in [0.25, 0.3) is 0 Å². The molecule has 1 aliphatic heterocycles. The number of nitrogens with zero attached hydrogens (tertiary/aromatic N) is 2. The van der Waals surface area contributed by atoms with Crippen LogP contribution in [0.2, 0.25) is 0 Å². The van der Waals surface area contributed by atoms with Crippen molar-refractivity contribution in [3.63, 3.8) is 0 Å². The number of Topliss-reactive ketones (excluding diaryl/α,β-unsaturated/α-hetero) is 1. The van der Waals surface area contributed by atoms with E-state index in [1.807, 2.05) is 12.1 Å². The molecule has 134 valence electrons. The van der Waals surface area contributed by atoms with Gasteiger partial charge in [-0.1, -0.05) is 46.1 Å². The fourth-order valence-electron chi connectivity index (χ4n) is 3.82. The van der Waals surface area contributed by atoms with Crippen molar-refractivity contribution in [2.24, 2.45) is 5.41 Å². The van der Waals surface area contributed by atoms with Gasteiger partial charge in [0.15, 0.2) is 11.5 Å². The molecule has 5 heteroatoms. The average Bonchev–Trinajstić information content (AvgIpc) is 2.86. The zero-order chi connectivity index (χ0) is 18.2. The van der Waals surface area contributed by atoms with Crippen molar-refractivity contribution in [1.29, 1.82) is 0 Å². The summed E-state index contributed by atoms with van der Waals surface area (Å²) in [6.07, 6.45) is 6.76. The summed E-state index contributed by atoms with van der Waals surface area (Å²) in [7, 11) is 0. The third-order valence-electron chi connectivity index (χ3n) is 5.11. The van der Waals surface area contributed by atoms with Crippen LogP contribution in [0.3, 0.4) is 0 Å². The Labute approximate surface area is 148 Å². The Balaban J connectivity index is 2.08. The van der Waals surface area contributed by atoms with Crippen molar-refractivity contribution in [1.82, 2.24) is 9.88 Å². The summed E-state index contributed by atoms with van der Waals surface area (Å²) in [5.74, 6) is -1.04. The minimum Gasteiger partial charge on any atom is -0.503 e. The Morgan fingerprint density at radius 1 is 1.20 bits per heavy atom. The number of carbonyl (C=O) groups excluding carboxylic acids is 2. The van der Waals surface area contributed by atoms with E-state index in [0.29, 0.717) is 5.69 Å². The van der Waals surface area contributed by atoms with Gasteiger partial charge >= 0.3 is 0 Å². The maximum absolute atomic E-state index is 13.0. The van der Waals surface area contributed by atoms with Crippen LogP contribution < -0.4 is 0 Å². The predicted octanol–water partition coefficient (Wildman–Crippen LogP) is 3.72. The van der Waals surface area contributed by atoms with Gasteiger partial charge in [-0.05, 0) is 25.0 Å². The summed E-state index contributed by atoms with van der Waals surface area (Å²) >= 11 is 0. The molecule has 1 atom stereocenters. The highest BCUT2D eigenvalue weighted by Gasteiger charge is 2.48. The van der Waals surface area contributed by atoms with Crippen molar-refractivity contribution in [2.45, 2.75) is 65.0 Å². The van der Waals surface area contributed by atoms with Crippen molar-refractivity contribution in [2.75, 3.05) is 0 Å². The SMILES string of the molecule is CC(C)(C)C(=O)C1=C(O)C(=O)N(C2CCCCC2)C1c1ccccn1. The molecule has 1 aliphatic carbocycles. The molecule has 2 aliphatic rings. The van der Waals surface area contributed by atoms with E-state index < -0.39 is 23.1 Å². The number of carbonyl (C=O) groups is 2. The van der Waals surface area contributed by atoms with Gasteiger partial charge in [-0.2, -0.15) is 0 Å². The lowest BCUT2D eigenvalue weighted by Gasteiger charge is -2.36. The van der Waals surface area contributed by atoms with E-state index in [1.165, 1.54) is 6.42 Å². The van der Waals surface area contributed by atoms with Crippen LogP contribution in [-0.2, 0) is 9.59 Å². The van der Waals surface area contributed by atoms with E-state index >= 15 is 0 Å². The second-order valence-corrected chi connectivity index (χ2v) is 8.00. The third-order valence-corrected chi connectivity index (χ3v) is 5.11. The molecule has 1 unspecified atom stereocenters. The normalized spacial score (nSPS) is 22.6. The molecule has 2 heterocycles. The molecule has 1 N–H and O–H groups in total. The molecule has 1 aromatic rings. The van der Waals surface area contributed by atoms with Crippen LogP contribution in [0.15, 0.2) is 35.7 Å². The molecule has 0 radical (unpaired) electrons. The number of rotatable bonds is 3. The Kier molecular flexibility index (Phi) is 4.67. The summed E-state index contributed by atoms with van der Waals surface area (Å²) < 4.78 is 0. The van der Waals surface area contributed by atoms with Crippen LogP contribution in [0.5, 0.6) is 0 Å². The summed E-state index contributed by atoms with van der Waals surface area (Å²) in [6, 6.07) is 4.92. The number of aliphatic hydroxyl groups is 1. The van der Waals surface area contributed by atoms with E-state index in [1.54, 1.807) is 37.9 Å². The maximum atomic E-state index is 13.0. The molecule has 0 bridgehead atoms. The largest absolute Gasteiger partial charge is 0.503 e. The van der Waals surface area contributed by atoms with Gasteiger partial charge in [-0.15, -0.1) is 0 Å². The summed E-state index contributed by atoms with van der Waals surface area (Å²) in [4.78, 5) is 32.0. The second kappa shape index (κ2) is 6.62. The summed E-state index contributed by atoms with van der Waals surface area (Å²) in [5.41, 5.74) is 0.152. The highest BCUT2D eigenvalue weighted by molar-refractivity contribution is 6.10. The first-order valence-corrected chi connectivity index (χ1v) is 9.04. The minimum absolute atomic E-state index is 0.0423. The Hall–Kier alpha value is -2.17. The number of amides is 1.